The zero-order valence-corrected chi connectivity index (χ0v) is 35.7. The molecule has 1 saturated carbocycles. The Balaban J connectivity index is 0.000000312. The average Bonchev–Trinajstić information content (AvgIpc) is 3.49. The number of aromatic nitrogens is 1. The largest absolute Gasteiger partial charge is 0.512 e. The molecule has 2 aromatic heterocycles. The molecule has 0 saturated heterocycles. The Morgan fingerprint density at radius 1 is 0.863 bits per heavy atom. The van der Waals surface area contributed by atoms with Crippen molar-refractivity contribution in [2.45, 2.75) is 120 Å². The quantitative estimate of drug-likeness (QED) is 0.0694. The summed E-state index contributed by atoms with van der Waals surface area (Å²) in [7, 11) is 0. The van der Waals surface area contributed by atoms with Gasteiger partial charge in [0.15, 0.2) is 5.78 Å². The number of rotatable bonds is 9. The second kappa shape index (κ2) is 16.9. The molecule has 3 aromatic carbocycles. The number of hydrogen-bond donors (Lipinski definition) is 1. The van der Waals surface area contributed by atoms with Crippen LogP contribution in [-0.4, -0.2) is 15.9 Å². The first-order chi connectivity index (χ1) is 23.7. The summed E-state index contributed by atoms with van der Waals surface area (Å²) < 4.78 is 1.43. The molecule has 0 atom stereocenters. The van der Waals surface area contributed by atoms with Gasteiger partial charge in [0, 0.05) is 59.2 Å². The van der Waals surface area contributed by atoms with Gasteiger partial charge >= 0.3 is 0 Å². The summed E-state index contributed by atoms with van der Waals surface area (Å²) in [5.74, 6) is 1.20. The predicted octanol–water partition coefficient (Wildman–Crippen LogP) is 13.9. The van der Waals surface area contributed by atoms with Gasteiger partial charge < -0.3 is 10.1 Å². The minimum atomic E-state index is 0. The van der Waals surface area contributed by atoms with Gasteiger partial charge in [-0.1, -0.05) is 93.5 Å². The number of fused-ring (bicyclic) bond motifs is 5. The van der Waals surface area contributed by atoms with E-state index in [0.29, 0.717) is 16.7 Å². The van der Waals surface area contributed by atoms with E-state index in [1.165, 1.54) is 62.5 Å². The average molecular weight is 881 g/mol. The van der Waals surface area contributed by atoms with Crippen molar-refractivity contribution in [3.8, 4) is 11.3 Å². The monoisotopic (exact) mass is 881 g/mol. The minimum Gasteiger partial charge on any atom is -0.512 e. The number of carbonyl (C=O) groups is 1. The maximum Gasteiger partial charge on any atom is 0.162 e. The van der Waals surface area contributed by atoms with Crippen molar-refractivity contribution in [1.29, 1.82) is 0 Å². The molecule has 2 heterocycles. The van der Waals surface area contributed by atoms with E-state index in [9.17, 15) is 9.90 Å². The Kier molecular flexibility index (Phi) is 13.5. The Bertz CT molecular complexity index is 1970. The maximum absolute atomic E-state index is 11.7. The van der Waals surface area contributed by atoms with E-state index in [-0.39, 0.29) is 43.5 Å². The van der Waals surface area contributed by atoms with Crippen molar-refractivity contribution in [3.05, 3.63) is 88.6 Å². The number of thiophene rings is 1. The smallest absolute Gasteiger partial charge is 0.162 e. The third-order valence-corrected chi connectivity index (χ3v) is 12.2. The Morgan fingerprint density at radius 2 is 1.45 bits per heavy atom. The van der Waals surface area contributed by atoms with E-state index in [2.05, 4.69) is 96.1 Å². The first kappa shape index (κ1) is 40.9. The molecule has 1 N–H and O–H groups in total. The van der Waals surface area contributed by atoms with Crippen LogP contribution in [0.15, 0.2) is 66.6 Å². The molecule has 275 valence electrons. The number of aliphatic hydroxyl groups excluding tert-OH is 1. The van der Waals surface area contributed by atoms with Gasteiger partial charge in [0.05, 0.1) is 5.76 Å². The van der Waals surface area contributed by atoms with E-state index in [0.717, 1.165) is 42.5 Å². The van der Waals surface area contributed by atoms with Gasteiger partial charge in [0.2, 0.25) is 0 Å². The van der Waals surface area contributed by atoms with Crippen molar-refractivity contribution < 1.29 is 30.0 Å². The summed E-state index contributed by atoms with van der Waals surface area (Å²) in [5, 5.41) is 16.3. The van der Waals surface area contributed by atoms with Crippen molar-refractivity contribution in [3.63, 3.8) is 0 Å². The van der Waals surface area contributed by atoms with Crippen molar-refractivity contribution in [1.82, 2.24) is 4.98 Å². The Labute approximate surface area is 324 Å². The summed E-state index contributed by atoms with van der Waals surface area (Å²) in [6.45, 7) is 22.1. The molecule has 1 aliphatic carbocycles. The van der Waals surface area contributed by atoms with Crippen LogP contribution in [-0.2, 0) is 24.9 Å². The fourth-order valence-electron chi connectivity index (χ4n) is 8.85. The van der Waals surface area contributed by atoms with E-state index in [1.807, 2.05) is 45.2 Å². The van der Waals surface area contributed by atoms with Crippen LogP contribution in [0.5, 0.6) is 0 Å². The first-order valence-electron chi connectivity index (χ1n) is 18.9. The summed E-state index contributed by atoms with van der Waals surface area (Å²) in [6, 6.07) is 21.8. The van der Waals surface area contributed by atoms with Gasteiger partial charge in [-0.05, 0) is 101 Å². The standard InChI is InChI=1S/C33H34NS.C13H24O2.Ir/c1-20-13-21(2)15-23(14-20)30-27-9-10-28-25(26(27)11-12-34-30)8-7-22-16-29(35-31(22)28)24-17-32(3,4)19-33(5,6)18-24;1-5-10(6-2)12(14)9-13(15)11(7-3)8-4;/h7-14,16,24H,17-19H2,1-6H3;9-11,14H,5-8H2,1-4H3;/q-1;;/b;12-9-;. The molecule has 1 aliphatic rings. The number of ketones is 1. The number of aryl methyl sites for hydroxylation is 2. The van der Waals surface area contributed by atoms with Gasteiger partial charge in [-0.25, -0.2) is 0 Å². The van der Waals surface area contributed by atoms with E-state index < -0.39 is 0 Å². The van der Waals surface area contributed by atoms with Gasteiger partial charge in [0.25, 0.3) is 0 Å². The number of allylic oxidation sites excluding steroid dienone is 2. The summed E-state index contributed by atoms with van der Waals surface area (Å²) in [4.78, 5) is 18.1. The number of hydrogen-bond acceptors (Lipinski definition) is 4. The van der Waals surface area contributed by atoms with Crippen LogP contribution in [0.2, 0.25) is 0 Å². The second-order valence-electron chi connectivity index (χ2n) is 16.4. The van der Waals surface area contributed by atoms with Crippen LogP contribution in [0.25, 0.3) is 42.9 Å². The molecule has 0 spiro atoms. The van der Waals surface area contributed by atoms with Gasteiger partial charge in [-0.15, -0.1) is 46.2 Å². The zero-order valence-electron chi connectivity index (χ0n) is 32.5. The van der Waals surface area contributed by atoms with E-state index in [4.69, 9.17) is 4.98 Å². The first-order valence-corrected chi connectivity index (χ1v) is 19.7. The molecule has 0 unspecified atom stereocenters. The molecule has 1 radical (unpaired) electrons. The number of carbonyl (C=O) groups excluding carboxylic acids is 1. The molecule has 0 aliphatic heterocycles. The van der Waals surface area contributed by atoms with Crippen LogP contribution < -0.4 is 0 Å². The molecule has 1 fully saturated rings. The van der Waals surface area contributed by atoms with Crippen LogP contribution in [0.4, 0.5) is 0 Å². The summed E-state index contributed by atoms with van der Waals surface area (Å²) in [5.41, 5.74) is 5.30. The molecule has 6 rings (SSSR count). The molecular weight excluding hydrogens is 823 g/mol. The molecule has 0 amide bonds. The maximum atomic E-state index is 11.7. The fourth-order valence-corrected chi connectivity index (χ4v) is 10.1. The number of nitrogens with zero attached hydrogens (tertiary/aromatic N) is 1. The third kappa shape index (κ3) is 9.39. The predicted molar refractivity (Wildman–Crippen MR) is 216 cm³/mol. The molecule has 5 heteroatoms. The van der Waals surface area contributed by atoms with E-state index in [1.54, 1.807) is 4.88 Å². The topological polar surface area (TPSA) is 50.2 Å². The second-order valence-corrected chi connectivity index (χ2v) is 17.5. The summed E-state index contributed by atoms with van der Waals surface area (Å²) in [6.07, 6.45) is 10.7. The minimum absolute atomic E-state index is 0. The van der Waals surface area contributed by atoms with Gasteiger partial charge in [-0.2, -0.15) is 0 Å². The van der Waals surface area contributed by atoms with Crippen molar-refractivity contribution in [2.75, 3.05) is 0 Å². The zero-order chi connectivity index (χ0) is 36.4. The molecule has 5 aromatic rings. The Hall–Kier alpha value is -2.85. The normalized spacial score (nSPS) is 16.0. The molecule has 51 heavy (non-hydrogen) atoms. The third-order valence-electron chi connectivity index (χ3n) is 10.9. The van der Waals surface area contributed by atoms with Crippen LogP contribution in [0, 0.1) is 42.6 Å². The van der Waals surface area contributed by atoms with Crippen LogP contribution in [0.1, 0.15) is 122 Å². The number of pyridine rings is 1. The van der Waals surface area contributed by atoms with Gasteiger partial charge in [-0.3, -0.25) is 4.79 Å². The molecular formula is C46H58IrNO2S-. The Morgan fingerprint density at radius 3 is 2.06 bits per heavy atom. The van der Waals surface area contributed by atoms with Gasteiger partial charge in [0.1, 0.15) is 0 Å². The molecule has 0 bridgehead atoms. The SMILES string of the molecule is CCC(CC)C(=O)/C=C(\O)C(CC)CC.Cc1[c-]c(-c2nccc3c2ccc2c3ccc3cc(C4CC(C)(C)CC(C)(C)C4)sc32)cc(C)c1.[Ir]. The van der Waals surface area contributed by atoms with Crippen molar-refractivity contribution >= 4 is 48.8 Å². The fraction of sp³-hybridized carbons (Fsp3) is 0.478. The number of benzene rings is 3. The summed E-state index contributed by atoms with van der Waals surface area (Å²) >= 11 is 2.03. The van der Waals surface area contributed by atoms with E-state index >= 15 is 0 Å². The molecule has 3 nitrogen and oxygen atoms in total. The number of aliphatic hydroxyl groups is 1. The van der Waals surface area contributed by atoms with Crippen LogP contribution >= 0.6 is 11.3 Å². The van der Waals surface area contributed by atoms with Crippen molar-refractivity contribution in [2.24, 2.45) is 22.7 Å². The van der Waals surface area contributed by atoms with Crippen LogP contribution in [0.3, 0.4) is 0 Å².